The highest BCUT2D eigenvalue weighted by Crippen LogP contribution is 2.21. The van der Waals surface area contributed by atoms with Crippen molar-refractivity contribution in [3.8, 4) is 0 Å². The first-order chi connectivity index (χ1) is 12.9. The highest BCUT2D eigenvalue weighted by atomic mass is 16.2. The Hall–Kier alpha value is -2.47. The van der Waals surface area contributed by atoms with Crippen LogP contribution in [0.3, 0.4) is 0 Å². The second kappa shape index (κ2) is 8.48. The van der Waals surface area contributed by atoms with Crippen LogP contribution in [0.1, 0.15) is 12.5 Å². The van der Waals surface area contributed by atoms with Crippen LogP contribution in [0.4, 0.5) is 0 Å². The summed E-state index contributed by atoms with van der Waals surface area (Å²) < 4.78 is 0. The Morgan fingerprint density at radius 2 is 1.93 bits per heavy atom. The molecule has 2 amide bonds. The van der Waals surface area contributed by atoms with Gasteiger partial charge < -0.3 is 9.80 Å². The Kier molecular flexibility index (Phi) is 6.06. The number of hydrogen-bond acceptors (Lipinski definition) is 4. The van der Waals surface area contributed by atoms with E-state index in [1.807, 2.05) is 17.2 Å². The Balaban J connectivity index is 1.81. The number of aromatic nitrogens is 1. The number of nitrogens with zero attached hydrogens (tertiary/aromatic N) is 4. The van der Waals surface area contributed by atoms with E-state index < -0.39 is 0 Å². The lowest BCUT2D eigenvalue weighted by Crippen LogP contribution is -2.40. The first kappa shape index (κ1) is 19.3. The molecule has 0 aliphatic carbocycles. The molecule has 6 nitrogen and oxygen atoms in total. The fourth-order valence-corrected chi connectivity index (χ4v) is 3.71. The summed E-state index contributed by atoms with van der Waals surface area (Å²) in [5, 5.41) is 1.13. The smallest absolute Gasteiger partial charge is 0.236 e. The third kappa shape index (κ3) is 4.83. The summed E-state index contributed by atoms with van der Waals surface area (Å²) in [6.07, 6.45) is 2.66. The molecule has 0 N–H and O–H groups in total. The monoisotopic (exact) mass is 368 g/mol. The number of amides is 2. The highest BCUT2D eigenvalue weighted by molar-refractivity contribution is 5.81. The molecule has 1 saturated heterocycles. The summed E-state index contributed by atoms with van der Waals surface area (Å²) in [5.41, 5.74) is 2.22. The van der Waals surface area contributed by atoms with Crippen LogP contribution in [0, 0.1) is 5.92 Å². The van der Waals surface area contributed by atoms with Crippen LogP contribution in [0.25, 0.3) is 10.9 Å². The van der Waals surface area contributed by atoms with Crippen molar-refractivity contribution in [2.45, 2.75) is 13.3 Å². The molecule has 2 aromatic rings. The minimum absolute atomic E-state index is 0.0943. The summed E-state index contributed by atoms with van der Waals surface area (Å²) in [6.45, 7) is 4.92. The molecule has 0 bridgehead atoms. The van der Waals surface area contributed by atoms with Gasteiger partial charge in [-0.05, 0) is 24.0 Å². The zero-order chi connectivity index (χ0) is 19.4. The summed E-state index contributed by atoms with van der Waals surface area (Å²) in [6, 6.07) is 10.3. The van der Waals surface area contributed by atoms with E-state index in [-0.39, 0.29) is 17.7 Å². The van der Waals surface area contributed by atoms with E-state index in [1.165, 1.54) is 5.56 Å². The number of benzene rings is 1. The molecule has 1 aromatic heterocycles. The van der Waals surface area contributed by atoms with E-state index in [1.54, 1.807) is 25.9 Å². The topological polar surface area (TPSA) is 56.8 Å². The summed E-state index contributed by atoms with van der Waals surface area (Å²) in [7, 11) is 3.56. The van der Waals surface area contributed by atoms with Crippen molar-refractivity contribution in [3.63, 3.8) is 0 Å². The van der Waals surface area contributed by atoms with Crippen LogP contribution >= 0.6 is 0 Å². The van der Waals surface area contributed by atoms with E-state index in [2.05, 4.69) is 34.1 Å². The Bertz CT molecular complexity index is 815. The predicted molar refractivity (Wildman–Crippen MR) is 106 cm³/mol. The average molecular weight is 368 g/mol. The van der Waals surface area contributed by atoms with E-state index >= 15 is 0 Å². The molecule has 0 radical (unpaired) electrons. The van der Waals surface area contributed by atoms with Gasteiger partial charge in [0.2, 0.25) is 11.8 Å². The number of hydrogen-bond donors (Lipinski definition) is 0. The third-order valence-electron chi connectivity index (χ3n) is 5.21. The van der Waals surface area contributed by atoms with Crippen molar-refractivity contribution in [2.24, 2.45) is 5.92 Å². The second-order valence-electron chi connectivity index (χ2n) is 7.55. The van der Waals surface area contributed by atoms with Gasteiger partial charge in [0.25, 0.3) is 0 Å². The van der Waals surface area contributed by atoms with Gasteiger partial charge in [0.15, 0.2) is 0 Å². The molecule has 1 unspecified atom stereocenters. The number of pyridine rings is 1. The van der Waals surface area contributed by atoms with Crippen LogP contribution in [-0.2, 0) is 16.0 Å². The molecule has 1 aliphatic rings. The average Bonchev–Trinajstić information content (AvgIpc) is 2.84. The van der Waals surface area contributed by atoms with Crippen molar-refractivity contribution >= 4 is 22.7 Å². The first-order valence-corrected chi connectivity index (χ1v) is 9.44. The maximum Gasteiger partial charge on any atom is 0.236 e. The van der Waals surface area contributed by atoms with E-state index in [0.29, 0.717) is 19.6 Å². The van der Waals surface area contributed by atoms with E-state index in [0.717, 1.165) is 30.4 Å². The SMILES string of the molecule is CC(=O)N1CCN(CC(=O)N(C)C)CC(Cc2cccc3cccnc23)C1. The van der Waals surface area contributed by atoms with Crippen LogP contribution in [0.2, 0.25) is 0 Å². The van der Waals surface area contributed by atoms with E-state index in [9.17, 15) is 9.59 Å². The molecule has 0 saturated carbocycles. The molecule has 1 fully saturated rings. The van der Waals surface area contributed by atoms with Gasteiger partial charge in [0.05, 0.1) is 12.1 Å². The molecular weight excluding hydrogens is 340 g/mol. The number of para-hydroxylation sites is 1. The van der Waals surface area contributed by atoms with Gasteiger partial charge in [0, 0.05) is 58.8 Å². The summed E-state index contributed by atoms with van der Waals surface area (Å²) in [5.74, 6) is 0.452. The zero-order valence-corrected chi connectivity index (χ0v) is 16.4. The Morgan fingerprint density at radius 3 is 2.67 bits per heavy atom. The van der Waals surface area contributed by atoms with Crippen LogP contribution in [-0.4, -0.2) is 78.3 Å². The van der Waals surface area contributed by atoms with Crippen LogP contribution in [0.15, 0.2) is 36.5 Å². The molecule has 1 aliphatic heterocycles. The number of carbonyl (C=O) groups is 2. The normalized spacial score (nSPS) is 18.3. The largest absolute Gasteiger partial charge is 0.348 e. The third-order valence-corrected chi connectivity index (χ3v) is 5.21. The minimum Gasteiger partial charge on any atom is -0.348 e. The molecular formula is C21H28N4O2. The lowest BCUT2D eigenvalue weighted by Gasteiger charge is -2.25. The molecule has 6 heteroatoms. The molecule has 1 atom stereocenters. The number of carbonyl (C=O) groups excluding carboxylic acids is 2. The Morgan fingerprint density at radius 1 is 1.15 bits per heavy atom. The minimum atomic E-state index is 0.0943. The molecule has 0 spiro atoms. The number of likely N-dealkylation sites (N-methyl/N-ethyl adjacent to an activating group) is 1. The van der Waals surface area contributed by atoms with Gasteiger partial charge in [-0.3, -0.25) is 19.5 Å². The summed E-state index contributed by atoms with van der Waals surface area (Å²) >= 11 is 0. The number of rotatable bonds is 4. The van der Waals surface area contributed by atoms with Crippen molar-refractivity contribution in [2.75, 3.05) is 46.8 Å². The lowest BCUT2D eigenvalue weighted by molar-refractivity contribution is -0.130. The van der Waals surface area contributed by atoms with Crippen LogP contribution < -0.4 is 0 Å². The van der Waals surface area contributed by atoms with Crippen molar-refractivity contribution in [3.05, 3.63) is 42.1 Å². The molecule has 1 aromatic carbocycles. The lowest BCUT2D eigenvalue weighted by atomic mass is 9.96. The van der Waals surface area contributed by atoms with Crippen molar-refractivity contribution in [1.82, 2.24) is 19.7 Å². The summed E-state index contributed by atoms with van der Waals surface area (Å²) in [4.78, 5) is 34.5. The van der Waals surface area contributed by atoms with Gasteiger partial charge in [0.1, 0.15) is 0 Å². The molecule has 2 heterocycles. The van der Waals surface area contributed by atoms with Gasteiger partial charge >= 0.3 is 0 Å². The standard InChI is InChI=1S/C21H28N4O2/c1-16(26)25-11-10-24(15-20(27)23(2)3)13-17(14-25)12-19-7-4-6-18-8-5-9-22-21(18)19/h4-9,17H,10-15H2,1-3H3. The quantitative estimate of drug-likeness (QED) is 0.823. The van der Waals surface area contributed by atoms with Gasteiger partial charge in [-0.25, -0.2) is 0 Å². The van der Waals surface area contributed by atoms with Gasteiger partial charge in [-0.1, -0.05) is 24.3 Å². The maximum atomic E-state index is 12.2. The van der Waals surface area contributed by atoms with Crippen LogP contribution in [0.5, 0.6) is 0 Å². The highest BCUT2D eigenvalue weighted by Gasteiger charge is 2.26. The molecule has 27 heavy (non-hydrogen) atoms. The predicted octanol–water partition coefficient (Wildman–Crippen LogP) is 1.65. The second-order valence-corrected chi connectivity index (χ2v) is 7.55. The van der Waals surface area contributed by atoms with Crippen molar-refractivity contribution < 1.29 is 9.59 Å². The van der Waals surface area contributed by atoms with Gasteiger partial charge in [-0.2, -0.15) is 0 Å². The number of fused-ring (bicyclic) bond motifs is 1. The van der Waals surface area contributed by atoms with Crippen molar-refractivity contribution in [1.29, 1.82) is 0 Å². The fraction of sp³-hybridized carbons (Fsp3) is 0.476. The first-order valence-electron chi connectivity index (χ1n) is 9.44. The maximum absolute atomic E-state index is 12.2. The van der Waals surface area contributed by atoms with Gasteiger partial charge in [-0.15, -0.1) is 0 Å². The van der Waals surface area contributed by atoms with E-state index in [4.69, 9.17) is 0 Å². The zero-order valence-electron chi connectivity index (χ0n) is 16.4. The molecule has 144 valence electrons. The Labute approximate surface area is 160 Å². The fourth-order valence-electron chi connectivity index (χ4n) is 3.71. The molecule has 3 rings (SSSR count).